The van der Waals surface area contributed by atoms with Crippen LogP contribution in [0.15, 0.2) is 24.5 Å². The van der Waals surface area contributed by atoms with Crippen molar-refractivity contribution in [1.82, 2.24) is 5.06 Å². The minimum absolute atomic E-state index is 0.317. The number of hydrogen-bond donors (Lipinski definition) is 0. The van der Waals surface area contributed by atoms with Gasteiger partial charge in [-0.2, -0.15) is 0 Å². The van der Waals surface area contributed by atoms with Gasteiger partial charge in [0.1, 0.15) is 11.7 Å². The van der Waals surface area contributed by atoms with Gasteiger partial charge in [0.15, 0.2) is 11.5 Å². The van der Waals surface area contributed by atoms with Crippen molar-refractivity contribution in [1.29, 1.82) is 0 Å². The molecule has 2 aliphatic heterocycles. The predicted octanol–water partition coefficient (Wildman–Crippen LogP) is 2.42. The Bertz CT molecular complexity index is 686. The average Bonchev–Trinajstić information content (AvgIpc) is 2.84. The summed E-state index contributed by atoms with van der Waals surface area (Å²) in [7, 11) is 3.21. The van der Waals surface area contributed by atoms with E-state index in [1.165, 1.54) is 0 Å². The molecule has 1 saturated heterocycles. The van der Waals surface area contributed by atoms with Crippen LogP contribution in [-0.4, -0.2) is 38.4 Å². The molecular weight excluding hydrogens is 310 g/mol. The third-order valence-electron chi connectivity index (χ3n) is 4.89. The Hall–Kier alpha value is -2.21. The molecule has 6 nitrogen and oxygen atoms in total. The highest BCUT2D eigenvalue weighted by Gasteiger charge is 2.57. The summed E-state index contributed by atoms with van der Waals surface area (Å²) in [6, 6.07) is 3.90. The van der Waals surface area contributed by atoms with E-state index in [2.05, 4.69) is 6.58 Å². The molecule has 24 heavy (non-hydrogen) atoms. The topological polar surface area (TPSA) is 57.2 Å². The number of ether oxygens (including phenoxy) is 3. The second kappa shape index (κ2) is 6.02. The van der Waals surface area contributed by atoms with Gasteiger partial charge in [0.2, 0.25) is 0 Å². The van der Waals surface area contributed by atoms with E-state index in [-0.39, 0.29) is 5.97 Å². The van der Waals surface area contributed by atoms with E-state index in [9.17, 15) is 4.79 Å². The molecule has 2 unspecified atom stereocenters. The van der Waals surface area contributed by atoms with Gasteiger partial charge in [0.05, 0.1) is 26.4 Å². The van der Waals surface area contributed by atoms with E-state index >= 15 is 0 Å². The van der Waals surface area contributed by atoms with Crippen LogP contribution in [0.4, 0.5) is 0 Å². The van der Waals surface area contributed by atoms with Gasteiger partial charge in [-0.3, -0.25) is 4.79 Å². The lowest BCUT2D eigenvalue weighted by atomic mass is 9.74. The van der Waals surface area contributed by atoms with Crippen LogP contribution in [0.1, 0.15) is 25.0 Å². The number of nitrogens with zero attached hydrogens (tertiary/aromatic N) is 1. The molecule has 130 valence electrons. The molecule has 2 aliphatic rings. The van der Waals surface area contributed by atoms with Crippen molar-refractivity contribution < 1.29 is 23.8 Å². The fourth-order valence-corrected chi connectivity index (χ4v) is 3.72. The van der Waals surface area contributed by atoms with Crippen molar-refractivity contribution >= 4 is 5.97 Å². The Kier molecular flexibility index (Phi) is 4.17. The summed E-state index contributed by atoms with van der Waals surface area (Å²) < 4.78 is 16.1. The van der Waals surface area contributed by atoms with Crippen LogP contribution in [0.5, 0.6) is 11.5 Å². The molecule has 1 fully saturated rings. The van der Waals surface area contributed by atoms with Crippen LogP contribution in [-0.2, 0) is 26.3 Å². The van der Waals surface area contributed by atoms with Crippen molar-refractivity contribution in [2.75, 3.05) is 27.4 Å². The molecule has 3 rings (SSSR count). The molecule has 2 heterocycles. The first kappa shape index (κ1) is 16.6. The van der Waals surface area contributed by atoms with Gasteiger partial charge in [-0.1, -0.05) is 6.58 Å². The SMILES string of the molecule is C=C1ON2CCc3cc(OC)c(OC)cc3C2(C)C1C(=O)OCC. The molecule has 0 radical (unpaired) electrons. The fourth-order valence-electron chi connectivity index (χ4n) is 3.72. The van der Waals surface area contributed by atoms with Crippen LogP contribution in [0, 0.1) is 5.92 Å². The molecule has 1 aromatic rings. The highest BCUT2D eigenvalue weighted by molar-refractivity contribution is 5.78. The maximum Gasteiger partial charge on any atom is 0.319 e. The highest BCUT2D eigenvalue weighted by Crippen LogP contribution is 2.51. The van der Waals surface area contributed by atoms with Crippen molar-refractivity contribution in [3.63, 3.8) is 0 Å². The number of hydroxylamine groups is 2. The molecule has 0 aromatic heterocycles. The van der Waals surface area contributed by atoms with Gasteiger partial charge in [-0.15, -0.1) is 5.06 Å². The van der Waals surface area contributed by atoms with E-state index in [4.69, 9.17) is 19.0 Å². The monoisotopic (exact) mass is 333 g/mol. The highest BCUT2D eigenvalue weighted by atomic mass is 16.7. The van der Waals surface area contributed by atoms with Gasteiger partial charge in [0, 0.05) is 6.54 Å². The first-order valence-corrected chi connectivity index (χ1v) is 8.03. The van der Waals surface area contributed by atoms with E-state index in [0.29, 0.717) is 30.4 Å². The number of benzene rings is 1. The Morgan fingerprint density at radius 1 is 1.38 bits per heavy atom. The number of carbonyl (C=O) groups excluding carboxylic acids is 1. The first-order valence-electron chi connectivity index (χ1n) is 8.03. The first-order chi connectivity index (χ1) is 11.5. The van der Waals surface area contributed by atoms with Gasteiger partial charge in [-0.05, 0) is 43.5 Å². The molecule has 0 saturated carbocycles. The maximum absolute atomic E-state index is 12.6. The summed E-state index contributed by atoms with van der Waals surface area (Å²) in [6.45, 7) is 8.69. The Balaban J connectivity index is 2.15. The zero-order valence-corrected chi connectivity index (χ0v) is 14.5. The Labute approximate surface area is 141 Å². The van der Waals surface area contributed by atoms with Crippen LogP contribution >= 0.6 is 0 Å². The van der Waals surface area contributed by atoms with Crippen molar-refractivity contribution in [3.05, 3.63) is 35.6 Å². The van der Waals surface area contributed by atoms with Gasteiger partial charge in [0.25, 0.3) is 0 Å². The van der Waals surface area contributed by atoms with Gasteiger partial charge >= 0.3 is 5.97 Å². The van der Waals surface area contributed by atoms with E-state index in [0.717, 1.165) is 17.5 Å². The zero-order chi connectivity index (χ0) is 17.5. The molecular formula is C18H23NO5. The molecule has 0 N–H and O–H groups in total. The predicted molar refractivity (Wildman–Crippen MR) is 87.7 cm³/mol. The Morgan fingerprint density at radius 2 is 2.04 bits per heavy atom. The third kappa shape index (κ3) is 2.24. The second-order valence-corrected chi connectivity index (χ2v) is 6.11. The molecule has 6 heteroatoms. The van der Waals surface area contributed by atoms with E-state index < -0.39 is 11.5 Å². The molecule has 1 aromatic carbocycles. The molecule has 0 amide bonds. The van der Waals surface area contributed by atoms with Gasteiger partial charge < -0.3 is 19.0 Å². The number of fused-ring (bicyclic) bond motifs is 3. The van der Waals surface area contributed by atoms with Crippen LogP contribution in [0.25, 0.3) is 0 Å². The normalized spacial score (nSPS) is 25.5. The smallest absolute Gasteiger partial charge is 0.319 e. The Morgan fingerprint density at radius 3 is 2.67 bits per heavy atom. The van der Waals surface area contributed by atoms with Crippen molar-refractivity contribution in [2.45, 2.75) is 25.8 Å². The molecule has 0 spiro atoms. The quantitative estimate of drug-likeness (QED) is 0.789. The number of esters is 1. The maximum atomic E-state index is 12.6. The largest absolute Gasteiger partial charge is 0.493 e. The molecule has 2 atom stereocenters. The lowest BCUT2D eigenvalue weighted by molar-refractivity contribution is -0.161. The summed E-state index contributed by atoms with van der Waals surface area (Å²) in [6.07, 6.45) is 0.786. The standard InChI is InChI=1S/C18H23NO5/c1-6-23-17(20)16-11(2)24-19-8-7-12-9-14(21-4)15(22-5)10-13(12)18(16,19)3/h9-10,16H,2,6-8H2,1,3-5H3. The van der Waals surface area contributed by atoms with Gasteiger partial charge in [-0.25, -0.2) is 0 Å². The number of hydrogen-bond acceptors (Lipinski definition) is 6. The third-order valence-corrected chi connectivity index (χ3v) is 4.89. The minimum Gasteiger partial charge on any atom is -0.493 e. The summed E-state index contributed by atoms with van der Waals surface area (Å²) in [5.74, 6) is 0.807. The number of methoxy groups -OCH3 is 2. The van der Waals surface area contributed by atoms with Crippen molar-refractivity contribution in [2.24, 2.45) is 5.92 Å². The summed E-state index contributed by atoms with van der Waals surface area (Å²) in [5.41, 5.74) is 1.40. The summed E-state index contributed by atoms with van der Waals surface area (Å²) >= 11 is 0. The summed E-state index contributed by atoms with van der Waals surface area (Å²) in [4.78, 5) is 18.4. The zero-order valence-electron chi connectivity index (χ0n) is 14.5. The van der Waals surface area contributed by atoms with E-state index in [1.54, 1.807) is 21.1 Å². The van der Waals surface area contributed by atoms with Crippen molar-refractivity contribution in [3.8, 4) is 11.5 Å². The van der Waals surface area contributed by atoms with Crippen LogP contribution < -0.4 is 9.47 Å². The number of carbonyl (C=O) groups is 1. The lowest BCUT2D eigenvalue weighted by Crippen LogP contribution is -2.49. The summed E-state index contributed by atoms with van der Waals surface area (Å²) in [5, 5.41) is 1.82. The fraction of sp³-hybridized carbons (Fsp3) is 0.500. The molecule has 0 bridgehead atoms. The number of rotatable bonds is 4. The average molecular weight is 333 g/mol. The minimum atomic E-state index is -0.684. The lowest BCUT2D eigenvalue weighted by Gasteiger charge is -2.40. The second-order valence-electron chi connectivity index (χ2n) is 6.11. The van der Waals surface area contributed by atoms with E-state index in [1.807, 2.05) is 24.1 Å². The van der Waals surface area contributed by atoms with Crippen LogP contribution in [0.2, 0.25) is 0 Å². The van der Waals surface area contributed by atoms with Crippen LogP contribution in [0.3, 0.4) is 0 Å². The molecule has 0 aliphatic carbocycles.